The van der Waals surface area contributed by atoms with Crippen molar-refractivity contribution >= 4 is 20.2 Å². The Labute approximate surface area is 104 Å². The van der Waals surface area contributed by atoms with Gasteiger partial charge in [0, 0.05) is 0 Å². The molecule has 18 heavy (non-hydrogen) atoms. The minimum atomic E-state index is -4.41. The second kappa shape index (κ2) is 6.72. The summed E-state index contributed by atoms with van der Waals surface area (Å²) in [7, 11) is -8.82. The van der Waals surface area contributed by atoms with Gasteiger partial charge < -0.3 is 15.4 Å². The van der Waals surface area contributed by atoms with Crippen LogP contribution in [0, 0.1) is 0 Å². The first-order valence-electron chi connectivity index (χ1n) is 4.59. The second-order valence-electron chi connectivity index (χ2n) is 3.68. The van der Waals surface area contributed by atoms with Crippen LogP contribution in [0.3, 0.4) is 0 Å². The largest absolute Gasteiger partial charge is 0.391 e. The lowest BCUT2D eigenvalue weighted by atomic mass is 10.3. The summed E-state index contributed by atoms with van der Waals surface area (Å²) in [4.78, 5) is 0. The fourth-order valence-electron chi connectivity index (χ4n) is 1.15. The van der Waals surface area contributed by atoms with Crippen LogP contribution < -0.4 is 0 Å². The molecule has 0 bridgehead atoms. The highest BCUT2D eigenvalue weighted by atomic mass is 32.2. The van der Waals surface area contributed by atoms with Gasteiger partial charge in [-0.1, -0.05) is 0 Å². The van der Waals surface area contributed by atoms with Crippen LogP contribution in [0.15, 0.2) is 0 Å². The molecule has 5 N–H and O–H groups in total. The van der Waals surface area contributed by atoms with E-state index in [0.29, 0.717) is 0 Å². The van der Waals surface area contributed by atoms with Gasteiger partial charge >= 0.3 is 0 Å². The zero-order chi connectivity index (χ0) is 14.6. The van der Waals surface area contributed by atoms with Crippen LogP contribution in [0.1, 0.15) is 0 Å². The lowest BCUT2D eigenvalue weighted by Gasteiger charge is -2.20. The standard InChI is InChI=1S/C6H15NO9S2/c8-5(3-17(11,12)13)1-7(10)2-6(9)4-18(14,15)16/h5-6,8-10H,1-4H2,(H,11,12,13)(H,14,15,16). The first-order chi connectivity index (χ1) is 7.89. The summed E-state index contributed by atoms with van der Waals surface area (Å²) >= 11 is 0. The Morgan fingerprint density at radius 1 is 0.833 bits per heavy atom. The Kier molecular flexibility index (Phi) is 6.59. The highest BCUT2D eigenvalue weighted by Gasteiger charge is 2.21. The third kappa shape index (κ3) is 10.8. The molecule has 0 amide bonds. The summed E-state index contributed by atoms with van der Waals surface area (Å²) in [6.07, 6.45) is -3.24. The molecule has 0 heterocycles. The molecular weight excluding hydrogens is 294 g/mol. The third-order valence-electron chi connectivity index (χ3n) is 1.65. The fourth-order valence-corrected chi connectivity index (χ4v) is 2.34. The Morgan fingerprint density at radius 3 is 1.33 bits per heavy atom. The van der Waals surface area contributed by atoms with E-state index < -0.39 is 57.0 Å². The molecule has 0 rings (SSSR count). The average molecular weight is 309 g/mol. The maximum Gasteiger partial charge on any atom is 0.267 e. The Morgan fingerprint density at radius 2 is 1.11 bits per heavy atom. The molecule has 0 aromatic heterocycles. The van der Waals surface area contributed by atoms with Crippen molar-refractivity contribution in [2.45, 2.75) is 12.2 Å². The number of nitrogens with zero attached hydrogens (tertiary/aromatic N) is 1. The number of hydroxylamine groups is 2. The van der Waals surface area contributed by atoms with Crippen molar-refractivity contribution in [1.29, 1.82) is 0 Å². The molecule has 0 aliphatic heterocycles. The van der Waals surface area contributed by atoms with E-state index in [1.165, 1.54) is 0 Å². The van der Waals surface area contributed by atoms with Crippen molar-refractivity contribution in [2.75, 3.05) is 24.6 Å². The van der Waals surface area contributed by atoms with Gasteiger partial charge in [0.2, 0.25) is 0 Å². The van der Waals surface area contributed by atoms with Crippen LogP contribution in [0.4, 0.5) is 0 Å². The summed E-state index contributed by atoms with van der Waals surface area (Å²) in [6.45, 7) is -1.27. The number of aliphatic hydroxyl groups is 2. The van der Waals surface area contributed by atoms with Gasteiger partial charge in [-0.3, -0.25) is 9.11 Å². The van der Waals surface area contributed by atoms with Gasteiger partial charge in [-0.2, -0.15) is 21.9 Å². The van der Waals surface area contributed by atoms with E-state index in [9.17, 15) is 16.8 Å². The maximum absolute atomic E-state index is 10.4. The lowest BCUT2D eigenvalue weighted by Crippen LogP contribution is -2.40. The summed E-state index contributed by atoms with van der Waals surface area (Å²) in [5, 5.41) is 27.6. The van der Waals surface area contributed by atoms with Crippen LogP contribution in [0.2, 0.25) is 0 Å². The van der Waals surface area contributed by atoms with Gasteiger partial charge in [0.1, 0.15) is 11.5 Å². The number of aliphatic hydroxyl groups excluding tert-OH is 2. The zero-order valence-electron chi connectivity index (χ0n) is 9.12. The molecule has 0 aliphatic carbocycles. The Bertz CT molecular complexity index is 402. The predicted octanol–water partition coefficient (Wildman–Crippen LogP) is -2.82. The molecule has 0 fully saturated rings. The fraction of sp³-hybridized carbons (Fsp3) is 1.00. The molecule has 0 aromatic rings. The van der Waals surface area contributed by atoms with Crippen molar-refractivity contribution in [3.8, 4) is 0 Å². The molecular formula is C6H15NO9S2. The second-order valence-corrected chi connectivity index (χ2v) is 6.67. The van der Waals surface area contributed by atoms with E-state index in [1.54, 1.807) is 0 Å². The normalized spacial score (nSPS) is 16.8. The monoisotopic (exact) mass is 309 g/mol. The minimum absolute atomic E-state index is 0.270. The summed E-state index contributed by atoms with van der Waals surface area (Å²) < 4.78 is 58.2. The van der Waals surface area contributed by atoms with Crippen LogP contribution in [0.25, 0.3) is 0 Å². The highest BCUT2D eigenvalue weighted by molar-refractivity contribution is 7.86. The lowest BCUT2D eigenvalue weighted by molar-refractivity contribution is -0.126. The molecule has 0 radical (unpaired) electrons. The smallest absolute Gasteiger partial charge is 0.267 e. The van der Waals surface area contributed by atoms with Gasteiger partial charge in [-0.25, -0.2) is 0 Å². The van der Waals surface area contributed by atoms with E-state index in [0.717, 1.165) is 0 Å². The van der Waals surface area contributed by atoms with Crippen molar-refractivity contribution < 1.29 is 41.4 Å². The minimum Gasteiger partial charge on any atom is -0.391 e. The number of rotatable bonds is 8. The molecule has 0 aliphatic rings. The van der Waals surface area contributed by atoms with Gasteiger partial charge in [0.25, 0.3) is 20.2 Å². The first kappa shape index (κ1) is 17.7. The molecule has 12 heteroatoms. The zero-order valence-corrected chi connectivity index (χ0v) is 10.7. The molecule has 10 nitrogen and oxygen atoms in total. The van der Waals surface area contributed by atoms with Crippen LogP contribution in [-0.4, -0.2) is 83.2 Å². The molecule has 2 atom stereocenters. The van der Waals surface area contributed by atoms with E-state index >= 15 is 0 Å². The molecule has 0 spiro atoms. The van der Waals surface area contributed by atoms with E-state index in [2.05, 4.69) is 0 Å². The van der Waals surface area contributed by atoms with Gasteiger partial charge in [-0.05, 0) is 0 Å². The maximum atomic E-state index is 10.4. The van der Waals surface area contributed by atoms with E-state index in [-0.39, 0.29) is 5.06 Å². The van der Waals surface area contributed by atoms with Gasteiger partial charge in [0.05, 0.1) is 25.3 Å². The van der Waals surface area contributed by atoms with Crippen LogP contribution >= 0.6 is 0 Å². The predicted molar refractivity (Wildman–Crippen MR) is 58.2 cm³/mol. The Balaban J connectivity index is 4.15. The van der Waals surface area contributed by atoms with E-state index in [4.69, 9.17) is 24.5 Å². The summed E-state index contributed by atoms with van der Waals surface area (Å²) in [5.41, 5.74) is 0. The van der Waals surface area contributed by atoms with E-state index in [1.807, 2.05) is 0 Å². The average Bonchev–Trinajstić information content (AvgIpc) is 1.92. The summed E-state index contributed by atoms with van der Waals surface area (Å²) in [5.74, 6) is -2.03. The van der Waals surface area contributed by atoms with Crippen LogP contribution in [0.5, 0.6) is 0 Å². The van der Waals surface area contributed by atoms with Crippen molar-refractivity contribution in [3.05, 3.63) is 0 Å². The molecule has 0 saturated heterocycles. The Hall–Kier alpha value is -0.340. The van der Waals surface area contributed by atoms with Crippen molar-refractivity contribution in [3.63, 3.8) is 0 Å². The SMILES string of the molecule is O=S(=O)(O)CC(O)CN(O)CC(O)CS(=O)(=O)O. The van der Waals surface area contributed by atoms with Crippen LogP contribution in [-0.2, 0) is 20.2 Å². The number of hydrogen-bond acceptors (Lipinski definition) is 8. The molecule has 110 valence electrons. The number of hydrogen-bond donors (Lipinski definition) is 5. The highest BCUT2D eigenvalue weighted by Crippen LogP contribution is 1.98. The molecule has 2 unspecified atom stereocenters. The first-order valence-corrected chi connectivity index (χ1v) is 7.81. The summed E-state index contributed by atoms with van der Waals surface area (Å²) in [6, 6.07) is 0. The van der Waals surface area contributed by atoms with Crippen molar-refractivity contribution in [1.82, 2.24) is 5.06 Å². The quantitative estimate of drug-likeness (QED) is 0.232. The topological polar surface area (TPSA) is 173 Å². The van der Waals surface area contributed by atoms with Gasteiger partial charge in [0.15, 0.2) is 0 Å². The molecule has 0 aromatic carbocycles. The molecule has 0 saturated carbocycles. The third-order valence-corrected chi connectivity index (χ3v) is 3.26. The van der Waals surface area contributed by atoms with Crippen molar-refractivity contribution in [2.24, 2.45) is 0 Å². The van der Waals surface area contributed by atoms with Gasteiger partial charge in [-0.15, -0.1) is 0 Å².